The van der Waals surface area contributed by atoms with Gasteiger partial charge in [0.2, 0.25) is 0 Å². The molecule has 0 saturated heterocycles. The maximum absolute atomic E-state index is 12.6. The third-order valence-electron chi connectivity index (χ3n) is 2.65. The third-order valence-corrected chi connectivity index (χ3v) is 2.83. The minimum Gasteiger partial charge on any atom is -0.489 e. The Morgan fingerprint density at radius 1 is 1.05 bits per heavy atom. The molecule has 0 amide bonds. The standard InChI is InChI=1S/C13H10BClF3O.K/c15-6-1-7-19-13-5-3-10-8-12(14(16,17)18)4-2-11(10)9-13;/h1-6,8-9H,7H2;/q-1;+1/b6-1+;. The van der Waals surface area contributed by atoms with Crippen molar-refractivity contribution < 1.29 is 69.1 Å². The Kier molecular flexibility index (Phi) is 7.11. The van der Waals surface area contributed by atoms with Crippen molar-refractivity contribution in [3.05, 3.63) is 48.0 Å². The van der Waals surface area contributed by atoms with Crippen LogP contribution in [-0.4, -0.2) is 13.6 Å². The summed E-state index contributed by atoms with van der Waals surface area (Å²) in [6, 6.07) is 8.63. The molecule has 20 heavy (non-hydrogen) atoms. The molecular formula is C13H10BClF3KO. The summed E-state index contributed by atoms with van der Waals surface area (Å²) >= 11 is 5.36. The molecule has 0 aliphatic rings. The summed E-state index contributed by atoms with van der Waals surface area (Å²) in [4.78, 5) is 0. The van der Waals surface area contributed by atoms with Gasteiger partial charge in [-0.25, -0.2) is 0 Å². The van der Waals surface area contributed by atoms with Gasteiger partial charge in [-0.1, -0.05) is 35.9 Å². The largest absolute Gasteiger partial charge is 1.00 e. The van der Waals surface area contributed by atoms with Gasteiger partial charge in [-0.05, 0) is 29.0 Å². The van der Waals surface area contributed by atoms with Gasteiger partial charge in [0.25, 0.3) is 0 Å². The molecule has 0 heterocycles. The second-order valence-corrected chi connectivity index (χ2v) is 4.27. The van der Waals surface area contributed by atoms with E-state index in [9.17, 15) is 12.9 Å². The van der Waals surface area contributed by atoms with E-state index < -0.39 is 12.4 Å². The fourth-order valence-electron chi connectivity index (χ4n) is 1.72. The molecule has 0 N–H and O–H groups in total. The van der Waals surface area contributed by atoms with Crippen LogP contribution in [0.15, 0.2) is 48.0 Å². The summed E-state index contributed by atoms with van der Waals surface area (Å²) < 4.78 is 43.2. The van der Waals surface area contributed by atoms with Crippen LogP contribution in [0.5, 0.6) is 5.75 Å². The summed E-state index contributed by atoms with van der Waals surface area (Å²) in [5, 5.41) is 1.24. The van der Waals surface area contributed by atoms with E-state index >= 15 is 0 Å². The van der Waals surface area contributed by atoms with Crippen molar-refractivity contribution in [2.75, 3.05) is 6.61 Å². The molecule has 0 unspecified atom stereocenters. The quantitative estimate of drug-likeness (QED) is 0.764. The molecule has 0 fully saturated rings. The van der Waals surface area contributed by atoms with Crippen molar-refractivity contribution in [1.29, 1.82) is 0 Å². The molecule has 0 radical (unpaired) electrons. The monoisotopic (exact) mass is 324 g/mol. The van der Waals surface area contributed by atoms with Crippen molar-refractivity contribution in [2.24, 2.45) is 0 Å². The first kappa shape index (κ1) is 18.1. The van der Waals surface area contributed by atoms with Gasteiger partial charge in [-0.15, -0.1) is 5.46 Å². The van der Waals surface area contributed by atoms with E-state index in [-0.39, 0.29) is 51.4 Å². The molecule has 2 rings (SSSR count). The number of fused-ring (bicyclic) bond motifs is 1. The van der Waals surface area contributed by atoms with Gasteiger partial charge < -0.3 is 17.7 Å². The van der Waals surface area contributed by atoms with Gasteiger partial charge >= 0.3 is 58.4 Å². The van der Waals surface area contributed by atoms with Gasteiger partial charge in [0.15, 0.2) is 0 Å². The van der Waals surface area contributed by atoms with Crippen LogP contribution in [0.2, 0.25) is 0 Å². The number of rotatable bonds is 4. The van der Waals surface area contributed by atoms with Gasteiger partial charge in [0, 0.05) is 5.54 Å². The summed E-state index contributed by atoms with van der Waals surface area (Å²) in [7, 11) is 0. The van der Waals surface area contributed by atoms with Crippen LogP contribution in [0.25, 0.3) is 10.8 Å². The van der Waals surface area contributed by atoms with E-state index in [2.05, 4.69) is 0 Å². The van der Waals surface area contributed by atoms with Gasteiger partial charge in [-0.3, -0.25) is 0 Å². The van der Waals surface area contributed by atoms with Crippen molar-refractivity contribution in [1.82, 2.24) is 0 Å². The van der Waals surface area contributed by atoms with E-state index in [1.807, 2.05) is 0 Å². The summed E-state index contributed by atoms with van der Waals surface area (Å²) in [6.07, 6.45) is 1.63. The first-order valence-electron chi connectivity index (χ1n) is 5.62. The molecule has 0 bridgehead atoms. The summed E-state index contributed by atoms with van der Waals surface area (Å²) in [5.41, 5.74) is 0.755. The molecule has 0 aliphatic heterocycles. The van der Waals surface area contributed by atoms with E-state index in [4.69, 9.17) is 16.3 Å². The number of hydrogen-bond acceptors (Lipinski definition) is 1. The fraction of sp³-hybridized carbons (Fsp3) is 0.0769. The van der Waals surface area contributed by atoms with Crippen molar-refractivity contribution in [3.8, 4) is 5.75 Å². The van der Waals surface area contributed by atoms with Crippen molar-refractivity contribution >= 4 is 34.8 Å². The Labute approximate surface area is 162 Å². The number of ether oxygens (including phenoxy) is 1. The molecular weight excluding hydrogens is 314 g/mol. The van der Waals surface area contributed by atoms with E-state index in [0.717, 1.165) is 12.1 Å². The summed E-state index contributed by atoms with van der Waals surface area (Å²) in [5.74, 6) is 0.590. The zero-order valence-corrected chi connectivity index (χ0v) is 14.7. The minimum atomic E-state index is -4.96. The summed E-state index contributed by atoms with van der Waals surface area (Å²) in [6.45, 7) is -4.65. The van der Waals surface area contributed by atoms with Gasteiger partial charge in [-0.2, -0.15) is 0 Å². The van der Waals surface area contributed by atoms with Crippen LogP contribution in [0, 0.1) is 0 Å². The second kappa shape index (κ2) is 7.87. The molecule has 0 spiro atoms. The number of hydrogen-bond donors (Lipinski definition) is 0. The fourth-order valence-corrected chi connectivity index (χ4v) is 1.79. The topological polar surface area (TPSA) is 9.23 Å². The number of halogens is 4. The molecule has 100 valence electrons. The van der Waals surface area contributed by atoms with Gasteiger partial charge in [0.1, 0.15) is 12.4 Å². The minimum absolute atomic E-state index is 0. The Bertz CT molecular complexity index is 616. The van der Waals surface area contributed by atoms with Gasteiger partial charge in [0.05, 0.1) is 0 Å². The van der Waals surface area contributed by atoms with Crippen LogP contribution >= 0.6 is 11.6 Å². The second-order valence-electron chi connectivity index (χ2n) is 4.02. The van der Waals surface area contributed by atoms with Crippen LogP contribution in [-0.2, 0) is 0 Å². The van der Waals surface area contributed by atoms with E-state index in [0.29, 0.717) is 23.1 Å². The molecule has 0 aliphatic carbocycles. The zero-order valence-electron chi connectivity index (χ0n) is 10.8. The van der Waals surface area contributed by atoms with E-state index in [1.165, 1.54) is 11.6 Å². The molecule has 0 aromatic heterocycles. The van der Waals surface area contributed by atoms with Crippen molar-refractivity contribution in [3.63, 3.8) is 0 Å². The first-order chi connectivity index (χ1) is 9.00. The van der Waals surface area contributed by atoms with Crippen LogP contribution in [0.1, 0.15) is 0 Å². The smallest absolute Gasteiger partial charge is 0.489 e. The average molecular weight is 325 g/mol. The predicted octanol–water partition coefficient (Wildman–Crippen LogP) is 1.03. The maximum Gasteiger partial charge on any atom is 1.00 e. The Morgan fingerprint density at radius 3 is 2.35 bits per heavy atom. The van der Waals surface area contributed by atoms with Crippen LogP contribution in [0.3, 0.4) is 0 Å². The molecule has 0 saturated carbocycles. The average Bonchev–Trinajstić information content (AvgIpc) is 2.37. The zero-order chi connectivity index (χ0) is 13.9. The Morgan fingerprint density at radius 2 is 1.70 bits per heavy atom. The van der Waals surface area contributed by atoms with Crippen LogP contribution in [0.4, 0.5) is 12.9 Å². The Balaban J connectivity index is 0.00000200. The number of benzene rings is 2. The normalized spacial score (nSPS) is 11.6. The first-order valence-corrected chi connectivity index (χ1v) is 6.06. The van der Waals surface area contributed by atoms with Crippen LogP contribution < -0.4 is 61.6 Å². The molecule has 1 nitrogen and oxygen atoms in total. The SMILES string of the molecule is F[B-](F)(F)c1ccc2cc(OC/C=C/Cl)ccc2c1.[K+]. The molecule has 0 atom stereocenters. The molecule has 7 heteroatoms. The Hall–Kier alpha value is 0.0213. The predicted molar refractivity (Wildman–Crippen MR) is 73.1 cm³/mol. The van der Waals surface area contributed by atoms with E-state index in [1.54, 1.807) is 24.3 Å². The van der Waals surface area contributed by atoms with Crippen molar-refractivity contribution in [2.45, 2.75) is 0 Å². The molecule has 2 aromatic carbocycles. The molecule has 2 aromatic rings. The third kappa shape index (κ3) is 4.79. The maximum atomic E-state index is 12.6.